The lowest BCUT2D eigenvalue weighted by atomic mass is 9.95. The van der Waals surface area contributed by atoms with Crippen LogP contribution in [0.15, 0.2) is 36.5 Å². The number of aromatic nitrogens is 2. The molecule has 9 nitrogen and oxygen atoms in total. The summed E-state index contributed by atoms with van der Waals surface area (Å²) < 4.78 is 7.16. The van der Waals surface area contributed by atoms with Crippen molar-refractivity contribution in [2.45, 2.75) is 84.8 Å². The standard InChI is InChI=1S/C31H42N6O3/c1-6-39-25-15-13-23(14-16-25)30(38)37(40-31(3,4)5)29-22(2)28(26(21-32)27-17-20-35-36(27)29)34-19-10-18-33-24-11-8-7-9-12-24/h13-17,20,24,33-34H,6-12,18-19H2,1-5H3. The van der Waals surface area contributed by atoms with Crippen LogP contribution in [0.4, 0.5) is 11.5 Å². The summed E-state index contributed by atoms with van der Waals surface area (Å²) in [5.41, 5.74) is 2.25. The Morgan fingerprint density at radius 1 is 1.15 bits per heavy atom. The predicted octanol–water partition coefficient (Wildman–Crippen LogP) is 6.01. The van der Waals surface area contributed by atoms with Gasteiger partial charge in [0.05, 0.1) is 29.6 Å². The van der Waals surface area contributed by atoms with Crippen LogP contribution in [0.3, 0.4) is 0 Å². The highest BCUT2D eigenvalue weighted by molar-refractivity contribution is 6.05. The van der Waals surface area contributed by atoms with E-state index in [1.165, 1.54) is 37.2 Å². The lowest BCUT2D eigenvalue weighted by Crippen LogP contribution is -2.40. The number of nitriles is 1. The van der Waals surface area contributed by atoms with Crippen molar-refractivity contribution >= 4 is 22.9 Å². The second-order valence-corrected chi connectivity index (χ2v) is 11.3. The molecule has 9 heteroatoms. The summed E-state index contributed by atoms with van der Waals surface area (Å²) in [4.78, 5) is 20.2. The molecule has 0 bridgehead atoms. The molecule has 3 aromatic rings. The van der Waals surface area contributed by atoms with Crippen LogP contribution >= 0.6 is 0 Å². The number of fused-ring (bicyclic) bond motifs is 1. The minimum Gasteiger partial charge on any atom is -0.494 e. The number of hydrogen-bond acceptors (Lipinski definition) is 7. The quantitative estimate of drug-likeness (QED) is 0.224. The van der Waals surface area contributed by atoms with Gasteiger partial charge in [-0.3, -0.25) is 9.63 Å². The molecule has 4 rings (SSSR count). The average Bonchev–Trinajstić information content (AvgIpc) is 3.41. The van der Waals surface area contributed by atoms with E-state index in [9.17, 15) is 10.1 Å². The fraction of sp³-hybridized carbons (Fsp3) is 0.516. The van der Waals surface area contributed by atoms with Crippen LogP contribution in [0.5, 0.6) is 5.75 Å². The molecule has 0 radical (unpaired) electrons. The van der Waals surface area contributed by atoms with Crippen LogP contribution in [0.1, 0.15) is 87.7 Å². The van der Waals surface area contributed by atoms with Crippen molar-refractivity contribution in [2.24, 2.45) is 0 Å². The van der Waals surface area contributed by atoms with Crippen LogP contribution in [0, 0.1) is 18.3 Å². The first-order valence-electron chi connectivity index (χ1n) is 14.4. The number of amides is 1. The molecule has 2 aromatic heterocycles. The predicted molar refractivity (Wildman–Crippen MR) is 158 cm³/mol. The molecular formula is C31H42N6O3. The van der Waals surface area contributed by atoms with Crippen molar-refractivity contribution in [3.8, 4) is 11.8 Å². The minimum absolute atomic E-state index is 0.342. The minimum atomic E-state index is -0.681. The smallest absolute Gasteiger partial charge is 0.283 e. The molecule has 2 heterocycles. The second kappa shape index (κ2) is 13.2. The maximum Gasteiger partial charge on any atom is 0.283 e. The van der Waals surface area contributed by atoms with Gasteiger partial charge in [0.25, 0.3) is 5.91 Å². The number of rotatable bonds is 11. The highest BCUT2D eigenvalue weighted by Gasteiger charge is 2.31. The molecule has 0 spiro atoms. The largest absolute Gasteiger partial charge is 0.494 e. The number of pyridine rings is 1. The molecule has 2 N–H and O–H groups in total. The maximum atomic E-state index is 14.0. The van der Waals surface area contributed by atoms with Crippen LogP contribution in [0.2, 0.25) is 0 Å². The Morgan fingerprint density at radius 3 is 2.52 bits per heavy atom. The van der Waals surface area contributed by atoms with Crippen molar-refractivity contribution < 1.29 is 14.4 Å². The molecule has 1 aliphatic carbocycles. The fourth-order valence-electron chi connectivity index (χ4n) is 5.17. The average molecular weight is 547 g/mol. The summed E-state index contributed by atoms with van der Waals surface area (Å²) in [6, 6.07) is 11.7. The molecule has 0 saturated heterocycles. The molecule has 1 fully saturated rings. The third-order valence-electron chi connectivity index (χ3n) is 7.02. The number of ether oxygens (including phenoxy) is 1. The summed E-state index contributed by atoms with van der Waals surface area (Å²) in [7, 11) is 0. The molecule has 40 heavy (non-hydrogen) atoms. The van der Waals surface area contributed by atoms with Gasteiger partial charge in [-0.15, -0.1) is 0 Å². The molecule has 0 aliphatic heterocycles. The van der Waals surface area contributed by atoms with E-state index >= 15 is 0 Å². The zero-order valence-electron chi connectivity index (χ0n) is 24.4. The first-order valence-corrected chi connectivity index (χ1v) is 14.4. The van der Waals surface area contributed by atoms with E-state index in [0.29, 0.717) is 58.7 Å². The van der Waals surface area contributed by atoms with Crippen molar-refractivity contribution in [3.05, 3.63) is 53.2 Å². The molecule has 1 aromatic carbocycles. The lowest BCUT2D eigenvalue weighted by molar-refractivity contribution is -0.0172. The van der Waals surface area contributed by atoms with Gasteiger partial charge in [-0.2, -0.15) is 15.4 Å². The van der Waals surface area contributed by atoms with Gasteiger partial charge in [0.15, 0.2) is 5.82 Å². The molecule has 1 saturated carbocycles. The van der Waals surface area contributed by atoms with Gasteiger partial charge in [-0.25, -0.2) is 4.52 Å². The third kappa shape index (κ3) is 6.93. The van der Waals surface area contributed by atoms with Crippen LogP contribution in [-0.4, -0.2) is 46.9 Å². The highest BCUT2D eigenvalue weighted by atomic mass is 16.7. The first kappa shape index (κ1) is 29.4. The Morgan fingerprint density at radius 2 is 1.88 bits per heavy atom. The number of carbonyl (C=O) groups excluding carboxylic acids is 1. The highest BCUT2D eigenvalue weighted by Crippen LogP contribution is 2.35. The molecule has 1 aliphatic rings. The van der Waals surface area contributed by atoms with Gasteiger partial charge in [0.1, 0.15) is 17.4 Å². The maximum absolute atomic E-state index is 14.0. The Kier molecular flexibility index (Phi) is 9.67. The summed E-state index contributed by atoms with van der Waals surface area (Å²) >= 11 is 0. The number of benzene rings is 1. The van der Waals surface area contributed by atoms with E-state index in [1.54, 1.807) is 41.0 Å². The van der Waals surface area contributed by atoms with Crippen LogP contribution < -0.4 is 20.4 Å². The summed E-state index contributed by atoms with van der Waals surface area (Å²) in [5, 5.41) is 23.1. The van der Waals surface area contributed by atoms with Crippen molar-refractivity contribution in [1.29, 1.82) is 5.26 Å². The fourth-order valence-corrected chi connectivity index (χ4v) is 5.17. The second-order valence-electron chi connectivity index (χ2n) is 11.3. The van der Waals surface area contributed by atoms with Crippen molar-refractivity contribution in [3.63, 3.8) is 0 Å². The molecule has 0 atom stereocenters. The monoisotopic (exact) mass is 546 g/mol. The lowest BCUT2D eigenvalue weighted by Gasteiger charge is -2.31. The van der Waals surface area contributed by atoms with Crippen LogP contribution in [-0.2, 0) is 4.84 Å². The van der Waals surface area contributed by atoms with Crippen molar-refractivity contribution in [1.82, 2.24) is 14.9 Å². The van der Waals surface area contributed by atoms with E-state index in [4.69, 9.17) is 9.57 Å². The van der Waals surface area contributed by atoms with Gasteiger partial charge < -0.3 is 15.4 Å². The van der Waals surface area contributed by atoms with E-state index < -0.39 is 5.60 Å². The summed E-state index contributed by atoms with van der Waals surface area (Å²) in [5.74, 6) is 0.802. The zero-order chi connectivity index (χ0) is 28.7. The molecular weight excluding hydrogens is 504 g/mol. The van der Waals surface area contributed by atoms with E-state index in [0.717, 1.165) is 13.0 Å². The number of hydrogen-bond donors (Lipinski definition) is 2. The van der Waals surface area contributed by atoms with E-state index in [-0.39, 0.29) is 5.91 Å². The van der Waals surface area contributed by atoms with E-state index in [2.05, 4.69) is 21.8 Å². The van der Waals surface area contributed by atoms with E-state index in [1.807, 2.05) is 34.6 Å². The van der Waals surface area contributed by atoms with Crippen LogP contribution in [0.25, 0.3) is 5.52 Å². The van der Waals surface area contributed by atoms with Gasteiger partial charge in [-0.05, 0) is 90.8 Å². The Balaban J connectivity index is 1.66. The van der Waals surface area contributed by atoms with Crippen molar-refractivity contribution in [2.75, 3.05) is 30.1 Å². The topological polar surface area (TPSA) is 104 Å². The molecule has 1 amide bonds. The summed E-state index contributed by atoms with van der Waals surface area (Å²) in [6.45, 7) is 11.6. The zero-order valence-corrected chi connectivity index (χ0v) is 24.4. The molecule has 214 valence electrons. The number of hydroxylamine groups is 1. The number of nitrogens with zero attached hydrogens (tertiary/aromatic N) is 4. The molecule has 0 unspecified atom stereocenters. The van der Waals surface area contributed by atoms with Gasteiger partial charge in [-0.1, -0.05) is 19.3 Å². The number of nitrogens with one attached hydrogen (secondary N) is 2. The van der Waals surface area contributed by atoms with Gasteiger partial charge in [0.2, 0.25) is 0 Å². The Bertz CT molecular complexity index is 1330. The number of anilines is 2. The van der Waals surface area contributed by atoms with Gasteiger partial charge >= 0.3 is 0 Å². The normalized spacial score (nSPS) is 14.2. The first-order chi connectivity index (χ1) is 19.2. The van der Waals surface area contributed by atoms with Gasteiger partial charge in [0, 0.05) is 23.7 Å². The SMILES string of the molecule is CCOc1ccc(C(=O)N(OC(C)(C)C)c2c(C)c(NCCCNC3CCCCC3)c(C#N)c3ccnn23)cc1. The third-order valence-corrected chi connectivity index (χ3v) is 7.02. The number of carbonyl (C=O) groups is 1. The Labute approximate surface area is 237 Å². The Hall–Kier alpha value is -3.61. The summed E-state index contributed by atoms with van der Waals surface area (Å²) in [6.07, 6.45) is 8.99.